The molecule has 1 atom stereocenters. The third-order valence-electron chi connectivity index (χ3n) is 6.96. The Bertz CT molecular complexity index is 1890. The topological polar surface area (TPSA) is 88.4 Å². The van der Waals surface area contributed by atoms with Crippen LogP contribution in [0.5, 0.6) is 17.2 Å². The van der Waals surface area contributed by atoms with Gasteiger partial charge in [-0.25, -0.2) is 14.2 Å². The molecule has 4 aromatic rings. The summed E-state index contributed by atoms with van der Waals surface area (Å²) < 4.78 is 38.3. The SMILES string of the molecule is CCOc1ccc([C@@H]2C(C(=O)OC(C)C)=C(C)N=c3s/c(=C/c4ccc(OCc5ccc(F)cc5)c(OCC)c4)c(=O)n32)cc1. The summed E-state index contributed by atoms with van der Waals surface area (Å²) in [5.41, 5.74) is 2.80. The van der Waals surface area contributed by atoms with Crippen molar-refractivity contribution in [1.29, 1.82) is 0 Å². The number of carbonyl (C=O) groups is 1. The van der Waals surface area contributed by atoms with Crippen LogP contribution in [-0.2, 0) is 16.1 Å². The minimum absolute atomic E-state index is 0.241. The Morgan fingerprint density at radius 1 is 0.978 bits per heavy atom. The molecule has 5 rings (SSSR count). The molecular weight excluding hydrogens is 595 g/mol. The molecule has 10 heteroatoms. The summed E-state index contributed by atoms with van der Waals surface area (Å²) in [5, 5.41) is 0. The number of hydrogen-bond acceptors (Lipinski definition) is 8. The summed E-state index contributed by atoms with van der Waals surface area (Å²) in [7, 11) is 0. The first-order valence-corrected chi connectivity index (χ1v) is 15.6. The standard InChI is InChI=1S/C35H35FN2O6S/c1-6-41-27-15-11-25(12-16-27)32-31(34(40)44-21(3)4)22(5)37-35-38(32)33(39)30(45-35)19-24-10-17-28(29(18-24)42-7-2)43-20-23-8-13-26(36)14-9-23/h8-19,21,32H,6-7,20H2,1-5H3/b30-19+/t32-/m1/s1. The molecule has 0 fully saturated rings. The van der Waals surface area contributed by atoms with Crippen molar-refractivity contribution in [3.63, 3.8) is 0 Å². The number of rotatable bonds is 11. The zero-order valence-electron chi connectivity index (χ0n) is 25.8. The van der Waals surface area contributed by atoms with E-state index in [9.17, 15) is 14.0 Å². The van der Waals surface area contributed by atoms with Crippen LogP contribution in [0.4, 0.5) is 4.39 Å². The second-order valence-electron chi connectivity index (χ2n) is 10.6. The second kappa shape index (κ2) is 13.9. The molecule has 0 bridgehead atoms. The summed E-state index contributed by atoms with van der Waals surface area (Å²) >= 11 is 1.24. The first-order valence-electron chi connectivity index (χ1n) is 14.8. The zero-order chi connectivity index (χ0) is 32.1. The minimum Gasteiger partial charge on any atom is -0.494 e. The Morgan fingerprint density at radius 2 is 1.69 bits per heavy atom. The summed E-state index contributed by atoms with van der Waals surface area (Å²) in [6.45, 7) is 10.3. The fourth-order valence-corrected chi connectivity index (χ4v) is 6.03. The largest absolute Gasteiger partial charge is 0.494 e. The van der Waals surface area contributed by atoms with Crippen molar-refractivity contribution in [2.75, 3.05) is 13.2 Å². The Labute approximate surface area is 264 Å². The van der Waals surface area contributed by atoms with E-state index < -0.39 is 12.0 Å². The Balaban J connectivity index is 1.54. The fraction of sp³-hybridized carbons (Fsp3) is 0.286. The number of esters is 1. The molecule has 0 amide bonds. The third-order valence-corrected chi connectivity index (χ3v) is 7.95. The predicted octanol–water partition coefficient (Wildman–Crippen LogP) is 5.70. The molecule has 0 radical (unpaired) electrons. The van der Waals surface area contributed by atoms with Crippen LogP contribution in [0.15, 0.2) is 87.8 Å². The number of ether oxygens (including phenoxy) is 4. The molecule has 3 aromatic carbocycles. The van der Waals surface area contributed by atoms with Gasteiger partial charge >= 0.3 is 5.97 Å². The molecule has 1 aliphatic heterocycles. The van der Waals surface area contributed by atoms with Crippen LogP contribution >= 0.6 is 11.3 Å². The maximum atomic E-state index is 14.0. The highest BCUT2D eigenvalue weighted by Gasteiger charge is 2.33. The van der Waals surface area contributed by atoms with Crippen molar-refractivity contribution in [2.24, 2.45) is 4.99 Å². The van der Waals surface area contributed by atoms with Gasteiger partial charge in [0.1, 0.15) is 18.2 Å². The monoisotopic (exact) mass is 630 g/mol. The molecular formula is C35H35FN2O6S. The van der Waals surface area contributed by atoms with E-state index in [1.807, 2.05) is 50.2 Å². The summed E-state index contributed by atoms with van der Waals surface area (Å²) in [5.74, 6) is 0.908. The second-order valence-corrected chi connectivity index (χ2v) is 11.6. The van der Waals surface area contributed by atoms with Crippen LogP contribution in [0.25, 0.3) is 6.08 Å². The minimum atomic E-state index is -0.730. The van der Waals surface area contributed by atoms with Gasteiger partial charge in [0.15, 0.2) is 16.3 Å². The number of carbonyl (C=O) groups excluding carboxylic acids is 1. The molecule has 2 heterocycles. The smallest absolute Gasteiger partial charge is 0.338 e. The maximum Gasteiger partial charge on any atom is 0.338 e. The number of thiazole rings is 1. The number of aromatic nitrogens is 1. The highest BCUT2D eigenvalue weighted by molar-refractivity contribution is 7.07. The van der Waals surface area contributed by atoms with E-state index in [1.165, 1.54) is 23.5 Å². The normalized spacial score (nSPS) is 14.6. The molecule has 0 spiro atoms. The predicted molar refractivity (Wildman–Crippen MR) is 171 cm³/mol. The summed E-state index contributed by atoms with van der Waals surface area (Å²) in [4.78, 5) is 32.5. The van der Waals surface area contributed by atoms with Crippen molar-refractivity contribution in [1.82, 2.24) is 4.57 Å². The van der Waals surface area contributed by atoms with Gasteiger partial charge in [-0.3, -0.25) is 9.36 Å². The third kappa shape index (κ3) is 7.17. The van der Waals surface area contributed by atoms with Crippen LogP contribution in [0.3, 0.4) is 0 Å². The Hall–Kier alpha value is -4.70. The van der Waals surface area contributed by atoms with E-state index in [0.717, 1.165) is 16.7 Å². The van der Waals surface area contributed by atoms with E-state index in [2.05, 4.69) is 4.99 Å². The van der Waals surface area contributed by atoms with Crippen molar-refractivity contribution >= 4 is 23.4 Å². The lowest BCUT2D eigenvalue weighted by molar-refractivity contribution is -0.143. The van der Waals surface area contributed by atoms with Gasteiger partial charge < -0.3 is 18.9 Å². The van der Waals surface area contributed by atoms with Gasteiger partial charge in [-0.05, 0) is 93.8 Å². The zero-order valence-corrected chi connectivity index (χ0v) is 26.7. The summed E-state index contributed by atoms with van der Waals surface area (Å²) in [6.07, 6.45) is 1.43. The van der Waals surface area contributed by atoms with Gasteiger partial charge in [-0.1, -0.05) is 41.7 Å². The van der Waals surface area contributed by atoms with Crippen molar-refractivity contribution in [3.8, 4) is 17.2 Å². The van der Waals surface area contributed by atoms with Gasteiger partial charge in [-0.2, -0.15) is 0 Å². The van der Waals surface area contributed by atoms with E-state index >= 15 is 0 Å². The maximum absolute atomic E-state index is 14.0. The number of nitrogens with zero attached hydrogens (tertiary/aromatic N) is 2. The fourth-order valence-electron chi connectivity index (χ4n) is 4.98. The molecule has 1 aromatic heterocycles. The average molecular weight is 631 g/mol. The number of fused-ring (bicyclic) bond motifs is 1. The van der Waals surface area contributed by atoms with Gasteiger partial charge in [-0.15, -0.1) is 0 Å². The van der Waals surface area contributed by atoms with Crippen LogP contribution in [0, 0.1) is 5.82 Å². The number of halogens is 1. The Kier molecular flexibility index (Phi) is 9.83. The molecule has 0 N–H and O–H groups in total. The number of hydrogen-bond donors (Lipinski definition) is 0. The summed E-state index contributed by atoms with van der Waals surface area (Å²) in [6, 6.07) is 18.2. The quantitative estimate of drug-likeness (QED) is 0.198. The van der Waals surface area contributed by atoms with Crippen LogP contribution in [0.1, 0.15) is 57.4 Å². The Morgan fingerprint density at radius 3 is 2.36 bits per heavy atom. The van der Waals surface area contributed by atoms with Crippen molar-refractivity contribution in [2.45, 2.75) is 53.4 Å². The van der Waals surface area contributed by atoms with Crippen molar-refractivity contribution < 1.29 is 28.1 Å². The molecule has 0 saturated carbocycles. The molecule has 45 heavy (non-hydrogen) atoms. The van der Waals surface area contributed by atoms with Gasteiger partial charge in [0.25, 0.3) is 5.56 Å². The molecule has 1 aliphatic rings. The van der Waals surface area contributed by atoms with Gasteiger partial charge in [0, 0.05) is 0 Å². The van der Waals surface area contributed by atoms with Gasteiger partial charge in [0.05, 0.1) is 41.2 Å². The van der Waals surface area contributed by atoms with Crippen LogP contribution < -0.4 is 29.1 Å². The number of allylic oxidation sites excluding steroid dienone is 1. The van der Waals surface area contributed by atoms with Crippen molar-refractivity contribution in [3.05, 3.63) is 120 Å². The molecule has 0 unspecified atom stereocenters. The van der Waals surface area contributed by atoms with E-state index in [-0.39, 0.29) is 24.1 Å². The molecule has 0 aliphatic carbocycles. The molecule has 234 valence electrons. The highest BCUT2D eigenvalue weighted by Crippen LogP contribution is 2.32. The average Bonchev–Trinajstić information content (AvgIpc) is 3.31. The lowest BCUT2D eigenvalue weighted by atomic mass is 9.96. The lowest BCUT2D eigenvalue weighted by Gasteiger charge is -2.25. The highest BCUT2D eigenvalue weighted by atomic mass is 32.1. The first kappa shape index (κ1) is 31.7. The van der Waals surface area contributed by atoms with Crippen LogP contribution in [0.2, 0.25) is 0 Å². The lowest BCUT2D eigenvalue weighted by Crippen LogP contribution is -2.40. The van der Waals surface area contributed by atoms with Crippen LogP contribution in [-0.4, -0.2) is 29.9 Å². The first-order chi connectivity index (χ1) is 21.7. The van der Waals surface area contributed by atoms with Gasteiger partial charge in [0.2, 0.25) is 0 Å². The molecule has 8 nitrogen and oxygen atoms in total. The molecule has 0 saturated heterocycles. The van der Waals surface area contributed by atoms with E-state index in [0.29, 0.717) is 51.1 Å². The number of benzene rings is 3. The van der Waals surface area contributed by atoms with E-state index in [1.54, 1.807) is 49.6 Å². The van der Waals surface area contributed by atoms with E-state index in [4.69, 9.17) is 18.9 Å².